The summed E-state index contributed by atoms with van der Waals surface area (Å²) in [5.41, 5.74) is 0.488. The minimum absolute atomic E-state index is 0.0198. The zero-order valence-electron chi connectivity index (χ0n) is 15.4. The zero-order chi connectivity index (χ0) is 20.1. The number of halogens is 1. The summed E-state index contributed by atoms with van der Waals surface area (Å²) in [6, 6.07) is 6.29. The molecule has 0 radical (unpaired) electrons. The van der Waals surface area contributed by atoms with E-state index in [1.165, 1.54) is 4.57 Å². The monoisotopic (exact) mass is 391 g/mol. The lowest BCUT2D eigenvalue weighted by molar-refractivity contribution is -0.149. The first kappa shape index (κ1) is 20.5. The first-order chi connectivity index (χ1) is 12.8. The van der Waals surface area contributed by atoms with Gasteiger partial charge in [0, 0.05) is 10.7 Å². The molecule has 0 saturated heterocycles. The highest BCUT2D eigenvalue weighted by Gasteiger charge is 2.25. The fourth-order valence-electron chi connectivity index (χ4n) is 2.53. The average Bonchev–Trinajstić information content (AvgIpc) is 2.83. The van der Waals surface area contributed by atoms with Crippen LogP contribution in [-0.4, -0.2) is 26.3 Å². The van der Waals surface area contributed by atoms with Crippen molar-refractivity contribution in [1.29, 1.82) is 0 Å². The van der Waals surface area contributed by atoms with Crippen LogP contribution in [0.2, 0.25) is 5.02 Å². The molecule has 0 saturated carbocycles. The lowest BCUT2D eigenvalue weighted by atomic mass is 10.0. The summed E-state index contributed by atoms with van der Waals surface area (Å²) in [4.78, 5) is 24.8. The van der Waals surface area contributed by atoms with Gasteiger partial charge in [-0.05, 0) is 37.1 Å². The van der Waals surface area contributed by atoms with E-state index in [9.17, 15) is 14.7 Å². The maximum absolute atomic E-state index is 12.5. The number of terminal acetylenes is 1. The van der Waals surface area contributed by atoms with E-state index in [4.69, 9.17) is 22.8 Å². The lowest BCUT2D eigenvalue weighted by Crippen LogP contribution is -2.37. The first-order valence-electron chi connectivity index (χ1n) is 8.37. The second-order valence-corrected chi connectivity index (χ2v) is 6.81. The number of anilines is 1. The van der Waals surface area contributed by atoms with Crippen molar-refractivity contribution in [3.8, 4) is 18.2 Å². The molecule has 1 aromatic carbocycles. The van der Waals surface area contributed by atoms with Crippen LogP contribution >= 0.6 is 11.6 Å². The van der Waals surface area contributed by atoms with Crippen molar-refractivity contribution in [2.75, 3.05) is 5.32 Å². The van der Waals surface area contributed by atoms with E-state index in [2.05, 4.69) is 11.2 Å². The summed E-state index contributed by atoms with van der Waals surface area (Å²) in [7, 11) is 0. The molecule has 0 amide bonds. The largest absolute Gasteiger partial charge is 0.493 e. The number of nitrogens with zero attached hydrogens (tertiary/aromatic N) is 2. The molecule has 0 aliphatic heterocycles. The van der Waals surface area contributed by atoms with Gasteiger partial charge in [0.25, 0.3) is 0 Å². The number of aromatic nitrogens is 2. The van der Waals surface area contributed by atoms with Crippen LogP contribution in [0.5, 0.6) is 5.88 Å². The number of hydrogen-bond donors (Lipinski definition) is 2. The fraction of sp³-hybridized carbons (Fsp3) is 0.368. The van der Waals surface area contributed by atoms with Crippen molar-refractivity contribution in [1.82, 2.24) is 9.13 Å². The van der Waals surface area contributed by atoms with Crippen molar-refractivity contribution in [3.05, 3.63) is 45.5 Å². The third-order valence-corrected chi connectivity index (χ3v) is 4.37. The predicted octanol–water partition coefficient (Wildman–Crippen LogP) is 2.59. The summed E-state index contributed by atoms with van der Waals surface area (Å²) in [6.45, 7) is 4.91. The number of aromatic hydroxyl groups is 1. The van der Waals surface area contributed by atoms with Gasteiger partial charge in [-0.1, -0.05) is 31.4 Å². The molecule has 7 nitrogen and oxygen atoms in total. The molecule has 2 aromatic rings. The third-order valence-electron chi connectivity index (χ3n) is 4.12. The summed E-state index contributed by atoms with van der Waals surface area (Å²) in [5.74, 6) is 1.44. The van der Waals surface area contributed by atoms with E-state index in [0.29, 0.717) is 16.4 Å². The highest BCUT2D eigenvalue weighted by molar-refractivity contribution is 6.30. The number of carbonyl (C=O) groups is 1. The van der Waals surface area contributed by atoms with Gasteiger partial charge >= 0.3 is 11.7 Å². The second kappa shape index (κ2) is 8.69. The van der Waals surface area contributed by atoms with E-state index < -0.39 is 24.4 Å². The van der Waals surface area contributed by atoms with Crippen molar-refractivity contribution in [3.63, 3.8) is 0 Å². The highest BCUT2D eigenvalue weighted by atomic mass is 35.5. The molecule has 27 heavy (non-hydrogen) atoms. The van der Waals surface area contributed by atoms with Crippen LogP contribution in [0.25, 0.3) is 0 Å². The molecule has 2 N–H and O–H groups in total. The number of ether oxygens (including phenoxy) is 1. The smallest absolute Gasteiger partial charge is 0.334 e. The molecule has 1 heterocycles. The van der Waals surface area contributed by atoms with Crippen LogP contribution in [0.3, 0.4) is 0 Å². The minimum Gasteiger partial charge on any atom is -0.493 e. The number of esters is 1. The maximum Gasteiger partial charge on any atom is 0.334 e. The Morgan fingerprint density at radius 2 is 1.96 bits per heavy atom. The Balaban J connectivity index is 2.13. The molecule has 1 aromatic heterocycles. The van der Waals surface area contributed by atoms with Gasteiger partial charge in [-0.3, -0.25) is 4.57 Å². The van der Waals surface area contributed by atoms with Crippen molar-refractivity contribution < 1.29 is 14.6 Å². The quantitative estimate of drug-likeness (QED) is 0.559. The Kier molecular flexibility index (Phi) is 6.59. The molecule has 8 heteroatoms. The van der Waals surface area contributed by atoms with E-state index >= 15 is 0 Å². The summed E-state index contributed by atoms with van der Waals surface area (Å²) in [6.07, 6.45) is 5.23. The Morgan fingerprint density at radius 3 is 2.52 bits per heavy atom. The van der Waals surface area contributed by atoms with Crippen LogP contribution in [0.4, 0.5) is 5.69 Å². The number of carbonyl (C=O) groups excluding carboxylic acids is 1. The van der Waals surface area contributed by atoms with Crippen LogP contribution in [0, 0.1) is 25.2 Å². The van der Waals surface area contributed by atoms with Crippen molar-refractivity contribution in [2.24, 2.45) is 5.92 Å². The van der Waals surface area contributed by atoms with Crippen LogP contribution in [0.1, 0.15) is 19.5 Å². The van der Waals surface area contributed by atoms with E-state index in [1.807, 2.05) is 13.8 Å². The molecule has 0 bridgehead atoms. The number of imidazole rings is 1. The summed E-state index contributed by atoms with van der Waals surface area (Å²) < 4.78 is 7.46. The van der Waals surface area contributed by atoms with E-state index in [-0.39, 0.29) is 18.3 Å². The molecule has 144 valence electrons. The van der Waals surface area contributed by atoms with Gasteiger partial charge < -0.3 is 15.2 Å². The highest BCUT2D eigenvalue weighted by Crippen LogP contribution is 2.18. The fourth-order valence-corrected chi connectivity index (χ4v) is 2.66. The van der Waals surface area contributed by atoms with E-state index in [0.717, 1.165) is 4.57 Å². The summed E-state index contributed by atoms with van der Waals surface area (Å²) >= 11 is 5.87. The first-order valence-corrected chi connectivity index (χ1v) is 8.75. The van der Waals surface area contributed by atoms with Gasteiger partial charge in [0.1, 0.15) is 6.04 Å². The lowest BCUT2D eigenvalue weighted by Gasteiger charge is -2.22. The molecule has 1 unspecified atom stereocenters. The molecule has 1 atom stereocenters. The minimum atomic E-state index is -0.641. The Morgan fingerprint density at radius 1 is 1.33 bits per heavy atom. The van der Waals surface area contributed by atoms with Gasteiger partial charge in [-0.15, -0.1) is 6.42 Å². The van der Waals surface area contributed by atoms with Gasteiger partial charge in [0.15, 0.2) is 6.73 Å². The molecule has 0 aliphatic rings. The van der Waals surface area contributed by atoms with Crippen LogP contribution < -0.4 is 11.0 Å². The Labute approximate surface area is 162 Å². The third kappa shape index (κ3) is 4.66. The van der Waals surface area contributed by atoms with Crippen LogP contribution in [0.15, 0.2) is 29.1 Å². The summed E-state index contributed by atoms with van der Waals surface area (Å²) in [5, 5.41) is 13.8. The van der Waals surface area contributed by atoms with Gasteiger partial charge in [-0.2, -0.15) is 0 Å². The SMILES string of the molecule is C#CCn1c(C)c(O)n(COC(=O)C(Nc2ccc(Cl)cc2)C(C)C)c1=O. The molecule has 0 aliphatic carbocycles. The topological polar surface area (TPSA) is 85.5 Å². The standard InChI is InChI=1S/C19H22ClN3O4/c1-5-10-22-13(4)17(24)23(19(22)26)11-27-18(25)16(12(2)3)21-15-8-6-14(20)7-9-15/h1,6-9,12,16,21,24H,10-11H2,2-4H3. The predicted molar refractivity (Wildman–Crippen MR) is 104 cm³/mol. The second-order valence-electron chi connectivity index (χ2n) is 6.38. The Bertz CT molecular complexity index is 907. The number of rotatable bonds is 7. The van der Waals surface area contributed by atoms with E-state index in [1.54, 1.807) is 31.2 Å². The number of nitrogens with one attached hydrogen (secondary N) is 1. The normalized spacial score (nSPS) is 11.9. The molecule has 2 rings (SSSR count). The van der Waals surface area contributed by atoms with Crippen LogP contribution in [-0.2, 0) is 22.8 Å². The van der Waals surface area contributed by atoms with Gasteiger partial charge in [0.2, 0.25) is 5.88 Å². The molecular formula is C19H22ClN3O4. The Hall–Kier alpha value is -2.85. The molecule has 0 fully saturated rings. The number of hydrogen-bond acceptors (Lipinski definition) is 5. The average molecular weight is 392 g/mol. The van der Waals surface area contributed by atoms with Gasteiger partial charge in [-0.25, -0.2) is 14.2 Å². The zero-order valence-corrected chi connectivity index (χ0v) is 16.2. The van der Waals surface area contributed by atoms with Crippen molar-refractivity contribution >= 4 is 23.3 Å². The molecule has 0 spiro atoms. The van der Waals surface area contributed by atoms with Crippen molar-refractivity contribution in [2.45, 2.75) is 40.1 Å². The number of benzene rings is 1. The van der Waals surface area contributed by atoms with Gasteiger partial charge in [0.05, 0.1) is 12.2 Å². The molecular weight excluding hydrogens is 370 g/mol. The maximum atomic E-state index is 12.5.